The fourth-order valence-corrected chi connectivity index (χ4v) is 4.36. The second kappa shape index (κ2) is 8.62. The Morgan fingerprint density at radius 1 is 0.970 bits per heavy atom. The lowest BCUT2D eigenvalue weighted by molar-refractivity contribution is 0.145. The van der Waals surface area contributed by atoms with E-state index in [9.17, 15) is 4.79 Å². The lowest BCUT2D eigenvalue weighted by atomic mass is 10.1. The van der Waals surface area contributed by atoms with Crippen LogP contribution in [-0.4, -0.2) is 47.3 Å². The number of amides is 2. The standard InChI is InChI=1S/C27H28N4O2/c1-18-8-11-21(12-9-18)28-27(32)31-15-14-30(17-20(31)3)26-22-16-19(2)10-13-24(22)33-25-7-5-4-6-23(25)29-26/h4-13,16,20H,14-15,17H2,1-3H3,(H,28,32)/t20-/m0/s1. The Kier molecular flexibility index (Phi) is 5.50. The fourth-order valence-electron chi connectivity index (χ4n) is 4.36. The maximum absolute atomic E-state index is 13.0. The number of hydrogen-bond acceptors (Lipinski definition) is 4. The Balaban J connectivity index is 1.39. The topological polar surface area (TPSA) is 57.2 Å². The molecule has 3 aromatic rings. The van der Waals surface area contributed by atoms with Crippen LogP contribution in [-0.2, 0) is 0 Å². The normalized spacial score (nSPS) is 17.3. The van der Waals surface area contributed by atoms with Crippen molar-refractivity contribution >= 4 is 23.2 Å². The molecule has 6 heteroatoms. The zero-order valence-corrected chi connectivity index (χ0v) is 19.2. The largest absolute Gasteiger partial charge is 0.454 e. The predicted molar refractivity (Wildman–Crippen MR) is 132 cm³/mol. The first-order chi connectivity index (χ1) is 16.0. The number of piperazine rings is 1. The highest BCUT2D eigenvalue weighted by molar-refractivity contribution is 6.04. The van der Waals surface area contributed by atoms with Crippen LogP contribution in [0.1, 0.15) is 23.6 Å². The molecule has 2 aliphatic heterocycles. The molecule has 0 unspecified atom stereocenters. The van der Waals surface area contributed by atoms with Crippen molar-refractivity contribution in [3.8, 4) is 11.5 Å². The van der Waals surface area contributed by atoms with E-state index in [1.807, 2.05) is 66.4 Å². The molecular weight excluding hydrogens is 412 g/mol. The van der Waals surface area contributed by atoms with Gasteiger partial charge in [-0.1, -0.05) is 41.5 Å². The van der Waals surface area contributed by atoms with Gasteiger partial charge in [0, 0.05) is 31.4 Å². The van der Waals surface area contributed by atoms with Crippen molar-refractivity contribution in [2.45, 2.75) is 26.8 Å². The molecule has 6 nitrogen and oxygen atoms in total. The van der Waals surface area contributed by atoms with Crippen LogP contribution in [0.2, 0.25) is 0 Å². The van der Waals surface area contributed by atoms with Gasteiger partial charge in [-0.15, -0.1) is 0 Å². The molecule has 0 aromatic heterocycles. The van der Waals surface area contributed by atoms with Crippen molar-refractivity contribution in [2.75, 3.05) is 25.0 Å². The molecule has 0 saturated carbocycles. The second-order valence-corrected chi connectivity index (χ2v) is 8.79. The van der Waals surface area contributed by atoms with Gasteiger partial charge in [0.15, 0.2) is 5.75 Å². The minimum atomic E-state index is -0.0706. The summed E-state index contributed by atoms with van der Waals surface area (Å²) in [4.78, 5) is 22.1. The Morgan fingerprint density at radius 2 is 1.73 bits per heavy atom. The summed E-state index contributed by atoms with van der Waals surface area (Å²) < 4.78 is 6.22. The van der Waals surface area contributed by atoms with Crippen LogP contribution < -0.4 is 10.1 Å². The molecule has 0 bridgehead atoms. The number of urea groups is 1. The van der Waals surface area contributed by atoms with Crippen molar-refractivity contribution in [2.24, 2.45) is 4.99 Å². The van der Waals surface area contributed by atoms with E-state index in [1.165, 1.54) is 5.56 Å². The molecule has 1 N–H and O–H groups in total. The van der Waals surface area contributed by atoms with E-state index in [2.05, 4.69) is 36.2 Å². The fraction of sp³-hybridized carbons (Fsp3) is 0.259. The molecule has 3 aromatic carbocycles. The number of rotatable bonds is 1. The number of anilines is 1. The Bertz CT molecular complexity index is 1220. The Morgan fingerprint density at radius 3 is 2.52 bits per heavy atom. The molecule has 33 heavy (non-hydrogen) atoms. The van der Waals surface area contributed by atoms with Gasteiger partial charge < -0.3 is 19.9 Å². The number of nitrogens with zero attached hydrogens (tertiary/aromatic N) is 3. The summed E-state index contributed by atoms with van der Waals surface area (Å²) in [5, 5.41) is 3.03. The monoisotopic (exact) mass is 440 g/mol. The Labute approximate surface area is 194 Å². The Hall–Kier alpha value is -3.80. The molecule has 1 atom stereocenters. The molecule has 0 radical (unpaired) electrons. The van der Waals surface area contributed by atoms with Crippen LogP contribution >= 0.6 is 0 Å². The quantitative estimate of drug-likeness (QED) is 0.526. The van der Waals surface area contributed by atoms with E-state index in [0.717, 1.165) is 39.8 Å². The summed E-state index contributed by atoms with van der Waals surface area (Å²) >= 11 is 0. The van der Waals surface area contributed by atoms with Gasteiger partial charge in [0.2, 0.25) is 0 Å². The zero-order chi connectivity index (χ0) is 22.9. The van der Waals surface area contributed by atoms with Gasteiger partial charge in [0.05, 0.1) is 5.56 Å². The van der Waals surface area contributed by atoms with E-state index in [1.54, 1.807) is 0 Å². The third kappa shape index (κ3) is 4.29. The zero-order valence-electron chi connectivity index (χ0n) is 19.2. The molecule has 1 saturated heterocycles. The van der Waals surface area contributed by atoms with Gasteiger partial charge >= 0.3 is 6.03 Å². The number of carbonyl (C=O) groups excluding carboxylic acids is 1. The molecule has 2 aliphatic rings. The SMILES string of the molecule is Cc1ccc(NC(=O)N2CCN(C3=Nc4ccccc4Oc4ccc(C)cc43)C[C@@H]2C)cc1. The van der Waals surface area contributed by atoms with E-state index < -0.39 is 0 Å². The number of hydrogen-bond donors (Lipinski definition) is 1. The average Bonchev–Trinajstić information content (AvgIpc) is 2.97. The van der Waals surface area contributed by atoms with E-state index in [0.29, 0.717) is 19.6 Å². The van der Waals surface area contributed by atoms with Gasteiger partial charge in [-0.2, -0.15) is 0 Å². The van der Waals surface area contributed by atoms with Crippen molar-refractivity contribution in [1.82, 2.24) is 9.80 Å². The summed E-state index contributed by atoms with van der Waals surface area (Å²) in [5.74, 6) is 2.45. The van der Waals surface area contributed by atoms with Gasteiger partial charge in [-0.25, -0.2) is 9.79 Å². The van der Waals surface area contributed by atoms with E-state index >= 15 is 0 Å². The van der Waals surface area contributed by atoms with Crippen molar-refractivity contribution in [1.29, 1.82) is 0 Å². The number of aryl methyl sites for hydroxylation is 2. The second-order valence-electron chi connectivity index (χ2n) is 8.79. The maximum Gasteiger partial charge on any atom is 0.322 e. The first-order valence-corrected chi connectivity index (χ1v) is 11.3. The number of nitrogens with one attached hydrogen (secondary N) is 1. The van der Waals surface area contributed by atoms with Gasteiger partial charge in [0.1, 0.15) is 17.3 Å². The molecule has 1 fully saturated rings. The smallest absolute Gasteiger partial charge is 0.322 e. The number of aliphatic imine (C=N–C) groups is 1. The number of carbonyl (C=O) groups is 1. The summed E-state index contributed by atoms with van der Waals surface area (Å²) in [6.07, 6.45) is 0. The van der Waals surface area contributed by atoms with Crippen LogP contribution in [0.25, 0.3) is 0 Å². The number of amidine groups is 1. The van der Waals surface area contributed by atoms with Gasteiger partial charge in [-0.3, -0.25) is 0 Å². The number of ether oxygens (including phenoxy) is 1. The minimum Gasteiger partial charge on any atom is -0.454 e. The highest BCUT2D eigenvalue weighted by atomic mass is 16.5. The lowest BCUT2D eigenvalue weighted by Gasteiger charge is -2.41. The van der Waals surface area contributed by atoms with E-state index in [4.69, 9.17) is 9.73 Å². The molecule has 5 rings (SSSR count). The highest BCUT2D eigenvalue weighted by Gasteiger charge is 2.31. The number of para-hydroxylation sites is 2. The summed E-state index contributed by atoms with van der Waals surface area (Å²) in [7, 11) is 0. The first-order valence-electron chi connectivity index (χ1n) is 11.3. The predicted octanol–water partition coefficient (Wildman–Crippen LogP) is 5.73. The van der Waals surface area contributed by atoms with Crippen molar-refractivity contribution < 1.29 is 9.53 Å². The van der Waals surface area contributed by atoms with Crippen LogP contribution in [0.15, 0.2) is 71.7 Å². The molecule has 0 aliphatic carbocycles. The number of fused-ring (bicyclic) bond motifs is 2. The van der Waals surface area contributed by atoms with Crippen LogP contribution in [0, 0.1) is 13.8 Å². The van der Waals surface area contributed by atoms with Crippen molar-refractivity contribution in [3.63, 3.8) is 0 Å². The molecule has 2 heterocycles. The third-order valence-electron chi connectivity index (χ3n) is 6.18. The van der Waals surface area contributed by atoms with Crippen molar-refractivity contribution in [3.05, 3.63) is 83.4 Å². The summed E-state index contributed by atoms with van der Waals surface area (Å²) in [6.45, 7) is 8.19. The summed E-state index contributed by atoms with van der Waals surface area (Å²) in [6, 6.07) is 21.9. The molecule has 168 valence electrons. The first kappa shape index (κ1) is 21.1. The molecule has 2 amide bonds. The molecule has 0 spiro atoms. The van der Waals surface area contributed by atoms with E-state index in [-0.39, 0.29) is 12.1 Å². The van der Waals surface area contributed by atoms with Gasteiger partial charge in [-0.05, 0) is 57.2 Å². The minimum absolute atomic E-state index is 0.0274. The lowest BCUT2D eigenvalue weighted by Crippen LogP contribution is -2.56. The van der Waals surface area contributed by atoms with Crippen LogP contribution in [0.5, 0.6) is 11.5 Å². The average molecular weight is 441 g/mol. The maximum atomic E-state index is 13.0. The van der Waals surface area contributed by atoms with Crippen LogP contribution in [0.3, 0.4) is 0 Å². The number of benzene rings is 3. The highest BCUT2D eigenvalue weighted by Crippen LogP contribution is 2.38. The summed E-state index contributed by atoms with van der Waals surface area (Å²) in [5.41, 5.74) is 4.93. The molecular formula is C27H28N4O2. The van der Waals surface area contributed by atoms with Gasteiger partial charge in [0.25, 0.3) is 0 Å². The third-order valence-corrected chi connectivity index (χ3v) is 6.18. The van der Waals surface area contributed by atoms with Crippen LogP contribution in [0.4, 0.5) is 16.2 Å².